The molecule has 0 aromatic rings. The Bertz CT molecular complexity index is 391. The number of hydrogen-bond acceptors (Lipinski definition) is 3. The minimum Gasteiger partial charge on any atom is -0.303 e. The van der Waals surface area contributed by atoms with E-state index in [2.05, 4.69) is 18.8 Å². The first-order valence-electron chi connectivity index (χ1n) is 8.47. The molecular formula is C18H29NO3. The minimum absolute atomic E-state index is 0.234. The number of rotatable bonds is 13. The van der Waals surface area contributed by atoms with Crippen molar-refractivity contribution in [2.24, 2.45) is 0 Å². The van der Waals surface area contributed by atoms with Gasteiger partial charge >= 0.3 is 0 Å². The third-order valence-corrected chi connectivity index (χ3v) is 3.49. The van der Waals surface area contributed by atoms with E-state index in [4.69, 9.17) is 0 Å². The first-order chi connectivity index (χ1) is 10.7. The summed E-state index contributed by atoms with van der Waals surface area (Å²) >= 11 is 0. The maximum absolute atomic E-state index is 10.9. The van der Waals surface area contributed by atoms with Gasteiger partial charge in [-0.3, -0.25) is 10.1 Å². The summed E-state index contributed by atoms with van der Waals surface area (Å²) in [5, 5.41) is 10.9. The molecule has 0 aliphatic carbocycles. The summed E-state index contributed by atoms with van der Waals surface area (Å²) in [7, 11) is 0. The van der Waals surface area contributed by atoms with Crippen LogP contribution in [0.25, 0.3) is 0 Å². The molecule has 0 N–H and O–H groups in total. The standard InChI is InChI=1S/C18H29NO3/c1-2-3-4-12-15-18(19(21)22)16-13-10-8-6-5-7-9-11-14-17-20/h16-17H,2-9,11-12,14-15H2,1H3. The quantitative estimate of drug-likeness (QED) is 0.157. The Morgan fingerprint density at radius 2 is 1.73 bits per heavy atom. The van der Waals surface area contributed by atoms with E-state index in [0.717, 1.165) is 70.5 Å². The molecule has 0 amide bonds. The van der Waals surface area contributed by atoms with Gasteiger partial charge in [-0.2, -0.15) is 0 Å². The van der Waals surface area contributed by atoms with Gasteiger partial charge < -0.3 is 4.79 Å². The van der Waals surface area contributed by atoms with Crippen molar-refractivity contribution in [3.05, 3.63) is 21.9 Å². The van der Waals surface area contributed by atoms with Crippen LogP contribution in [0.5, 0.6) is 0 Å². The van der Waals surface area contributed by atoms with Gasteiger partial charge in [0.2, 0.25) is 0 Å². The summed E-state index contributed by atoms with van der Waals surface area (Å²) in [6.45, 7) is 2.12. The molecule has 0 radical (unpaired) electrons. The molecule has 0 bridgehead atoms. The zero-order chi connectivity index (χ0) is 16.5. The van der Waals surface area contributed by atoms with Crippen LogP contribution in [0.3, 0.4) is 0 Å². The second kappa shape index (κ2) is 15.8. The van der Waals surface area contributed by atoms with Crippen molar-refractivity contribution in [3.63, 3.8) is 0 Å². The van der Waals surface area contributed by atoms with Gasteiger partial charge in [0, 0.05) is 19.3 Å². The van der Waals surface area contributed by atoms with Gasteiger partial charge in [0.05, 0.1) is 11.0 Å². The number of nitro groups is 1. The van der Waals surface area contributed by atoms with E-state index < -0.39 is 0 Å². The molecule has 0 aliphatic heterocycles. The summed E-state index contributed by atoms with van der Waals surface area (Å²) in [4.78, 5) is 20.7. The number of carbonyl (C=O) groups excluding carboxylic acids is 1. The predicted octanol–water partition coefficient (Wildman–Crippen LogP) is 5.05. The van der Waals surface area contributed by atoms with Crippen LogP contribution in [-0.2, 0) is 4.79 Å². The molecule has 0 aromatic heterocycles. The van der Waals surface area contributed by atoms with E-state index >= 15 is 0 Å². The van der Waals surface area contributed by atoms with Gasteiger partial charge in [-0.15, -0.1) is 0 Å². The molecule has 0 unspecified atom stereocenters. The highest BCUT2D eigenvalue weighted by Crippen LogP contribution is 2.10. The highest BCUT2D eigenvalue weighted by atomic mass is 16.6. The van der Waals surface area contributed by atoms with E-state index in [1.54, 1.807) is 0 Å². The average molecular weight is 307 g/mol. The molecule has 4 heteroatoms. The monoisotopic (exact) mass is 307 g/mol. The van der Waals surface area contributed by atoms with Crippen molar-refractivity contribution < 1.29 is 9.72 Å². The van der Waals surface area contributed by atoms with Gasteiger partial charge in [-0.25, -0.2) is 0 Å². The predicted molar refractivity (Wildman–Crippen MR) is 90.0 cm³/mol. The van der Waals surface area contributed by atoms with Gasteiger partial charge in [0.1, 0.15) is 6.29 Å². The fourth-order valence-corrected chi connectivity index (χ4v) is 2.13. The molecule has 0 spiro atoms. The van der Waals surface area contributed by atoms with Crippen molar-refractivity contribution in [3.8, 4) is 11.8 Å². The highest BCUT2D eigenvalue weighted by Gasteiger charge is 2.08. The van der Waals surface area contributed by atoms with Crippen LogP contribution in [0.15, 0.2) is 11.8 Å². The summed E-state index contributed by atoms with van der Waals surface area (Å²) in [6.07, 6.45) is 13.9. The van der Waals surface area contributed by atoms with Crippen LogP contribution in [0, 0.1) is 22.0 Å². The first-order valence-corrected chi connectivity index (χ1v) is 8.47. The Morgan fingerprint density at radius 1 is 1.05 bits per heavy atom. The summed E-state index contributed by atoms with van der Waals surface area (Å²) in [6, 6.07) is 0. The summed E-state index contributed by atoms with van der Waals surface area (Å²) < 4.78 is 0. The Hall–Kier alpha value is -1.63. The average Bonchev–Trinajstić information content (AvgIpc) is 2.50. The van der Waals surface area contributed by atoms with E-state index in [1.165, 1.54) is 6.08 Å². The lowest BCUT2D eigenvalue weighted by molar-refractivity contribution is -0.428. The Morgan fingerprint density at radius 3 is 2.41 bits per heavy atom. The van der Waals surface area contributed by atoms with Crippen molar-refractivity contribution in [1.82, 2.24) is 0 Å². The second-order valence-corrected chi connectivity index (χ2v) is 5.50. The maximum Gasteiger partial charge on any atom is 0.254 e. The first kappa shape index (κ1) is 20.4. The highest BCUT2D eigenvalue weighted by molar-refractivity contribution is 5.48. The molecule has 124 valence electrons. The fraction of sp³-hybridized carbons (Fsp3) is 0.722. The van der Waals surface area contributed by atoms with Crippen LogP contribution in [0.1, 0.15) is 84.0 Å². The largest absolute Gasteiger partial charge is 0.303 e. The fourth-order valence-electron chi connectivity index (χ4n) is 2.13. The lowest BCUT2D eigenvalue weighted by atomic mass is 10.1. The number of carbonyl (C=O) groups is 1. The topological polar surface area (TPSA) is 60.2 Å². The summed E-state index contributed by atoms with van der Waals surface area (Å²) in [5.41, 5.74) is 0.234. The van der Waals surface area contributed by atoms with Gasteiger partial charge in [0.15, 0.2) is 0 Å². The zero-order valence-electron chi connectivity index (χ0n) is 13.8. The lowest BCUT2D eigenvalue weighted by Gasteiger charge is -1.97. The van der Waals surface area contributed by atoms with Crippen LogP contribution in [0.4, 0.5) is 0 Å². The van der Waals surface area contributed by atoms with Crippen molar-refractivity contribution in [2.45, 2.75) is 84.0 Å². The van der Waals surface area contributed by atoms with Crippen LogP contribution >= 0.6 is 0 Å². The number of unbranched alkanes of at least 4 members (excludes halogenated alkanes) is 9. The van der Waals surface area contributed by atoms with Crippen LogP contribution < -0.4 is 0 Å². The van der Waals surface area contributed by atoms with E-state index in [-0.39, 0.29) is 10.6 Å². The molecular weight excluding hydrogens is 278 g/mol. The SMILES string of the molecule is CCCCCCC(=CC#CCCCCCCCC=O)[N+](=O)[O-]. The molecule has 0 aliphatic rings. The van der Waals surface area contributed by atoms with Gasteiger partial charge in [0.25, 0.3) is 5.70 Å². The zero-order valence-corrected chi connectivity index (χ0v) is 13.8. The van der Waals surface area contributed by atoms with Crippen molar-refractivity contribution in [1.29, 1.82) is 0 Å². The normalized spacial score (nSPS) is 10.9. The third kappa shape index (κ3) is 13.4. The molecule has 0 rings (SSSR count). The minimum atomic E-state index is -0.312. The van der Waals surface area contributed by atoms with Crippen LogP contribution in [0.2, 0.25) is 0 Å². The molecule has 4 nitrogen and oxygen atoms in total. The molecule has 22 heavy (non-hydrogen) atoms. The van der Waals surface area contributed by atoms with E-state index in [9.17, 15) is 14.9 Å². The maximum atomic E-state index is 10.9. The smallest absolute Gasteiger partial charge is 0.254 e. The molecule has 0 aromatic carbocycles. The van der Waals surface area contributed by atoms with Crippen molar-refractivity contribution in [2.75, 3.05) is 0 Å². The van der Waals surface area contributed by atoms with Gasteiger partial charge in [-0.1, -0.05) is 57.3 Å². The molecule has 0 heterocycles. The number of hydrogen-bond donors (Lipinski definition) is 0. The Balaban J connectivity index is 3.83. The van der Waals surface area contributed by atoms with Crippen molar-refractivity contribution >= 4 is 6.29 Å². The van der Waals surface area contributed by atoms with E-state index in [1.807, 2.05) is 0 Å². The Kier molecular flexibility index (Phi) is 14.6. The van der Waals surface area contributed by atoms with Gasteiger partial charge in [-0.05, 0) is 19.3 Å². The molecule has 0 atom stereocenters. The number of nitrogens with zero attached hydrogens (tertiary/aromatic N) is 1. The molecule has 0 saturated heterocycles. The molecule has 0 saturated carbocycles. The van der Waals surface area contributed by atoms with E-state index in [0.29, 0.717) is 12.8 Å². The lowest BCUT2D eigenvalue weighted by Crippen LogP contribution is -1.98. The molecule has 0 fully saturated rings. The third-order valence-electron chi connectivity index (χ3n) is 3.49. The number of allylic oxidation sites excluding steroid dienone is 2. The second-order valence-electron chi connectivity index (χ2n) is 5.50. The summed E-state index contributed by atoms with van der Waals surface area (Å²) in [5.74, 6) is 5.81. The number of aldehydes is 1. The van der Waals surface area contributed by atoms with Crippen LogP contribution in [-0.4, -0.2) is 11.2 Å². The Labute approximate surface area is 134 Å².